The van der Waals surface area contributed by atoms with Crippen molar-refractivity contribution < 1.29 is 4.39 Å². The van der Waals surface area contributed by atoms with Crippen LogP contribution in [0, 0.1) is 18.7 Å². The highest BCUT2D eigenvalue weighted by atomic mass is 19.1. The summed E-state index contributed by atoms with van der Waals surface area (Å²) in [4.78, 5) is 0. The summed E-state index contributed by atoms with van der Waals surface area (Å²) >= 11 is 0. The SMILES string of the molecule is Cc1c(F)cccc1NC(C)CC1CC1. The zero-order valence-electron chi connectivity index (χ0n) is 9.39. The van der Waals surface area contributed by atoms with Gasteiger partial charge in [-0.1, -0.05) is 18.9 Å². The Kier molecular flexibility index (Phi) is 2.94. The minimum atomic E-state index is -0.126. The molecule has 0 bridgehead atoms. The summed E-state index contributed by atoms with van der Waals surface area (Å²) in [6.45, 7) is 3.99. The van der Waals surface area contributed by atoms with Gasteiger partial charge in [0.25, 0.3) is 0 Å². The number of anilines is 1. The molecule has 0 saturated heterocycles. The molecule has 1 nitrogen and oxygen atoms in total. The maximum atomic E-state index is 13.3. The summed E-state index contributed by atoms with van der Waals surface area (Å²) in [7, 11) is 0. The molecule has 1 N–H and O–H groups in total. The van der Waals surface area contributed by atoms with Crippen LogP contribution in [-0.2, 0) is 0 Å². The molecule has 1 aromatic rings. The van der Waals surface area contributed by atoms with Crippen LogP contribution in [0.5, 0.6) is 0 Å². The standard InChI is InChI=1S/C13H18FN/c1-9(8-11-6-7-11)15-13-5-3-4-12(14)10(13)2/h3-5,9,11,15H,6-8H2,1-2H3. The third kappa shape index (κ3) is 2.71. The molecule has 1 atom stereocenters. The second-order valence-corrected chi connectivity index (χ2v) is 4.64. The number of hydrogen-bond donors (Lipinski definition) is 1. The van der Waals surface area contributed by atoms with Gasteiger partial charge in [-0.3, -0.25) is 0 Å². The van der Waals surface area contributed by atoms with Crippen LogP contribution in [0.3, 0.4) is 0 Å². The van der Waals surface area contributed by atoms with Crippen LogP contribution in [-0.4, -0.2) is 6.04 Å². The molecular formula is C13H18FN. The zero-order valence-corrected chi connectivity index (χ0v) is 9.39. The number of benzene rings is 1. The van der Waals surface area contributed by atoms with Crippen molar-refractivity contribution in [2.75, 3.05) is 5.32 Å². The topological polar surface area (TPSA) is 12.0 Å². The normalized spacial score (nSPS) is 17.5. The number of hydrogen-bond acceptors (Lipinski definition) is 1. The van der Waals surface area contributed by atoms with Crippen molar-refractivity contribution in [2.24, 2.45) is 5.92 Å². The Morgan fingerprint density at radius 3 is 2.87 bits per heavy atom. The second kappa shape index (κ2) is 4.21. The molecule has 1 aliphatic rings. The highest BCUT2D eigenvalue weighted by Gasteiger charge is 2.23. The smallest absolute Gasteiger partial charge is 0.128 e. The molecular weight excluding hydrogens is 189 g/mol. The molecule has 0 spiro atoms. The molecule has 0 aromatic heterocycles. The highest BCUT2D eigenvalue weighted by Crippen LogP contribution is 2.34. The molecule has 1 aliphatic carbocycles. The fraction of sp³-hybridized carbons (Fsp3) is 0.538. The van der Waals surface area contributed by atoms with E-state index in [1.165, 1.54) is 25.3 Å². The molecule has 1 saturated carbocycles. The van der Waals surface area contributed by atoms with E-state index in [0.717, 1.165) is 17.2 Å². The second-order valence-electron chi connectivity index (χ2n) is 4.64. The lowest BCUT2D eigenvalue weighted by atomic mass is 10.1. The van der Waals surface area contributed by atoms with Gasteiger partial charge in [-0.2, -0.15) is 0 Å². The molecule has 1 fully saturated rings. The third-order valence-electron chi connectivity index (χ3n) is 3.05. The van der Waals surface area contributed by atoms with Gasteiger partial charge in [0.05, 0.1) is 0 Å². The maximum Gasteiger partial charge on any atom is 0.128 e. The summed E-state index contributed by atoms with van der Waals surface area (Å²) in [6.07, 6.45) is 3.94. The summed E-state index contributed by atoms with van der Waals surface area (Å²) < 4.78 is 13.3. The molecule has 1 aromatic carbocycles. The lowest BCUT2D eigenvalue weighted by Gasteiger charge is -2.16. The lowest BCUT2D eigenvalue weighted by molar-refractivity contribution is 0.615. The van der Waals surface area contributed by atoms with Gasteiger partial charge in [0.2, 0.25) is 0 Å². The average molecular weight is 207 g/mol. The quantitative estimate of drug-likeness (QED) is 0.793. The van der Waals surface area contributed by atoms with Crippen LogP contribution in [0.1, 0.15) is 31.7 Å². The molecule has 0 heterocycles. The number of rotatable bonds is 4. The Hall–Kier alpha value is -1.05. The van der Waals surface area contributed by atoms with Gasteiger partial charge in [-0.15, -0.1) is 0 Å². The van der Waals surface area contributed by atoms with E-state index in [4.69, 9.17) is 0 Å². The first-order chi connectivity index (χ1) is 7.16. The van der Waals surface area contributed by atoms with E-state index in [2.05, 4.69) is 12.2 Å². The van der Waals surface area contributed by atoms with Crippen LogP contribution in [0.25, 0.3) is 0 Å². The molecule has 1 unspecified atom stereocenters. The van der Waals surface area contributed by atoms with Crippen molar-refractivity contribution in [3.8, 4) is 0 Å². The monoisotopic (exact) mass is 207 g/mol. The molecule has 0 radical (unpaired) electrons. The molecule has 0 aliphatic heterocycles. The van der Waals surface area contributed by atoms with Crippen LogP contribution >= 0.6 is 0 Å². The summed E-state index contributed by atoms with van der Waals surface area (Å²) in [5.74, 6) is 0.778. The predicted octanol–water partition coefficient (Wildman–Crippen LogP) is 3.73. The van der Waals surface area contributed by atoms with Gasteiger partial charge in [-0.25, -0.2) is 4.39 Å². The van der Waals surface area contributed by atoms with Crippen LogP contribution < -0.4 is 5.32 Å². The number of halogens is 1. The van der Waals surface area contributed by atoms with Crippen molar-refractivity contribution in [1.29, 1.82) is 0 Å². The molecule has 15 heavy (non-hydrogen) atoms. The first kappa shape index (κ1) is 10.5. The van der Waals surface area contributed by atoms with Crippen molar-refractivity contribution >= 4 is 5.69 Å². The molecule has 2 rings (SSSR count). The molecule has 82 valence electrons. The first-order valence-electron chi connectivity index (χ1n) is 5.68. The summed E-state index contributed by atoms with van der Waals surface area (Å²) in [6, 6.07) is 5.65. The van der Waals surface area contributed by atoms with Gasteiger partial charge in [0.15, 0.2) is 0 Å². The summed E-state index contributed by atoms with van der Waals surface area (Å²) in [5.41, 5.74) is 1.66. The number of nitrogens with one attached hydrogen (secondary N) is 1. The predicted molar refractivity (Wildman–Crippen MR) is 61.6 cm³/mol. The fourth-order valence-electron chi connectivity index (χ4n) is 1.94. The van der Waals surface area contributed by atoms with Crippen molar-refractivity contribution in [3.63, 3.8) is 0 Å². The van der Waals surface area contributed by atoms with Gasteiger partial charge in [0, 0.05) is 17.3 Å². The van der Waals surface area contributed by atoms with E-state index in [0.29, 0.717) is 6.04 Å². The Morgan fingerprint density at radius 1 is 1.47 bits per heavy atom. The van der Waals surface area contributed by atoms with Crippen LogP contribution in [0.4, 0.5) is 10.1 Å². The van der Waals surface area contributed by atoms with E-state index in [-0.39, 0.29) is 5.82 Å². The fourth-order valence-corrected chi connectivity index (χ4v) is 1.94. The van der Waals surface area contributed by atoms with Gasteiger partial charge in [-0.05, 0) is 38.3 Å². The largest absolute Gasteiger partial charge is 0.382 e. The maximum absolute atomic E-state index is 13.3. The van der Waals surface area contributed by atoms with Crippen LogP contribution in [0.15, 0.2) is 18.2 Å². The van der Waals surface area contributed by atoms with E-state index < -0.39 is 0 Å². The summed E-state index contributed by atoms with van der Waals surface area (Å²) in [5, 5.41) is 3.38. The van der Waals surface area contributed by atoms with Crippen LogP contribution in [0.2, 0.25) is 0 Å². The minimum absolute atomic E-state index is 0.126. The van der Waals surface area contributed by atoms with E-state index >= 15 is 0 Å². The molecule has 2 heteroatoms. The molecule has 0 amide bonds. The van der Waals surface area contributed by atoms with Gasteiger partial charge < -0.3 is 5.32 Å². The van der Waals surface area contributed by atoms with Crippen molar-refractivity contribution in [2.45, 2.75) is 39.2 Å². The zero-order chi connectivity index (χ0) is 10.8. The van der Waals surface area contributed by atoms with E-state index in [1.54, 1.807) is 6.07 Å². The minimum Gasteiger partial charge on any atom is -0.382 e. The third-order valence-corrected chi connectivity index (χ3v) is 3.05. The van der Waals surface area contributed by atoms with Crippen molar-refractivity contribution in [1.82, 2.24) is 0 Å². The van der Waals surface area contributed by atoms with Gasteiger partial charge >= 0.3 is 0 Å². The Labute approximate surface area is 90.7 Å². The Balaban J connectivity index is 1.99. The Morgan fingerprint density at radius 2 is 2.20 bits per heavy atom. The lowest BCUT2D eigenvalue weighted by Crippen LogP contribution is -2.16. The first-order valence-corrected chi connectivity index (χ1v) is 5.68. The van der Waals surface area contributed by atoms with E-state index in [9.17, 15) is 4.39 Å². The van der Waals surface area contributed by atoms with Gasteiger partial charge in [0.1, 0.15) is 5.82 Å². The van der Waals surface area contributed by atoms with Crippen molar-refractivity contribution in [3.05, 3.63) is 29.6 Å². The highest BCUT2D eigenvalue weighted by molar-refractivity contribution is 5.51. The Bertz CT molecular complexity index is 344. The van der Waals surface area contributed by atoms with E-state index in [1.807, 2.05) is 13.0 Å². The average Bonchev–Trinajstić information content (AvgIpc) is 2.97.